The minimum Gasteiger partial charge on any atom is -0.445 e. The Morgan fingerprint density at radius 1 is 1.15 bits per heavy atom. The van der Waals surface area contributed by atoms with E-state index in [0.717, 1.165) is 28.4 Å². The Balaban J connectivity index is 1.20. The number of carbonyl (C=O) groups is 1. The average Bonchev–Trinajstić information content (AvgIpc) is 3.28. The molecule has 2 aliphatic rings. The third-order valence-electron chi connectivity index (χ3n) is 5.43. The van der Waals surface area contributed by atoms with Gasteiger partial charge in [0.25, 0.3) is 0 Å². The molecule has 0 radical (unpaired) electrons. The van der Waals surface area contributed by atoms with Crippen molar-refractivity contribution in [3.05, 3.63) is 53.3 Å². The largest absolute Gasteiger partial charge is 0.445 e. The van der Waals surface area contributed by atoms with Crippen molar-refractivity contribution in [1.29, 1.82) is 0 Å². The fourth-order valence-corrected chi connectivity index (χ4v) is 6.14. The van der Waals surface area contributed by atoms with Crippen molar-refractivity contribution in [3.8, 4) is 0 Å². The van der Waals surface area contributed by atoms with Crippen LogP contribution in [0.15, 0.2) is 44.4 Å². The maximum Gasteiger partial charge on any atom is 0.419 e. The molecule has 0 aliphatic carbocycles. The molecule has 7 nitrogen and oxygen atoms in total. The van der Waals surface area contributed by atoms with E-state index in [1.165, 1.54) is 4.90 Å². The van der Waals surface area contributed by atoms with E-state index in [9.17, 15) is 26.6 Å². The first-order chi connectivity index (χ1) is 16.2. The van der Waals surface area contributed by atoms with Gasteiger partial charge in [-0.25, -0.2) is 12.3 Å². The van der Waals surface area contributed by atoms with Crippen molar-refractivity contribution in [2.24, 2.45) is 3.15 Å². The number of amides is 1. The molecule has 1 fully saturated rings. The molecule has 184 valence electrons. The lowest BCUT2D eigenvalue weighted by molar-refractivity contribution is -0.140. The summed E-state index contributed by atoms with van der Waals surface area (Å²) in [5.41, 5.74) is 0.631. The van der Waals surface area contributed by atoms with E-state index in [-0.39, 0.29) is 12.2 Å². The van der Waals surface area contributed by atoms with E-state index >= 15 is 0 Å². The van der Waals surface area contributed by atoms with Crippen LogP contribution in [0.3, 0.4) is 0 Å². The van der Waals surface area contributed by atoms with Gasteiger partial charge in [0.15, 0.2) is 0 Å². The Hall–Kier alpha value is -2.13. The zero-order valence-corrected chi connectivity index (χ0v) is 20.8. The summed E-state index contributed by atoms with van der Waals surface area (Å²) in [6.45, 7) is 2.26. The highest BCUT2D eigenvalue weighted by atomic mass is 127. The molecule has 4 rings (SSSR count). The quantitative estimate of drug-likeness (QED) is 0.282. The first kappa shape index (κ1) is 25.0. The first-order valence-corrected chi connectivity index (χ1v) is 13.7. The maximum absolute atomic E-state index is 13.7. The molecule has 0 aromatic heterocycles. The van der Waals surface area contributed by atoms with E-state index in [0.29, 0.717) is 44.5 Å². The van der Waals surface area contributed by atoms with Crippen molar-refractivity contribution >= 4 is 49.6 Å². The van der Waals surface area contributed by atoms with Crippen LogP contribution in [-0.4, -0.2) is 58.6 Å². The van der Waals surface area contributed by atoms with Crippen molar-refractivity contribution in [2.75, 3.05) is 42.0 Å². The number of benzene rings is 2. The highest BCUT2D eigenvalue weighted by Crippen LogP contribution is 2.37. The Kier molecular flexibility index (Phi) is 7.82. The van der Waals surface area contributed by atoms with Gasteiger partial charge in [0.2, 0.25) is 0 Å². The van der Waals surface area contributed by atoms with Crippen LogP contribution < -0.4 is 3.53 Å². The molecular formula is C21H21F4IN4O3S. The number of anilines is 1. The summed E-state index contributed by atoms with van der Waals surface area (Å²) in [4.78, 5) is 16.6. The molecule has 0 saturated carbocycles. The predicted molar refractivity (Wildman–Crippen MR) is 127 cm³/mol. The van der Waals surface area contributed by atoms with Crippen LogP contribution in [0.2, 0.25) is 0 Å². The number of nitrogens with zero attached hydrogens (tertiary/aromatic N) is 3. The first-order valence-electron chi connectivity index (χ1n) is 10.3. The smallest absolute Gasteiger partial charge is 0.419 e. The summed E-state index contributed by atoms with van der Waals surface area (Å²) in [6.07, 6.45) is -5.39. The predicted octanol–water partition coefficient (Wildman–Crippen LogP) is 5.03. The van der Waals surface area contributed by atoms with Gasteiger partial charge in [-0.1, -0.05) is 6.07 Å². The fraction of sp³-hybridized carbons (Fsp3) is 0.381. The summed E-state index contributed by atoms with van der Waals surface area (Å²) < 4.78 is 77.0. The summed E-state index contributed by atoms with van der Waals surface area (Å²) in [6, 6.07) is 8.05. The molecule has 2 aromatic rings. The van der Waals surface area contributed by atoms with E-state index in [1.54, 1.807) is 0 Å². The zero-order valence-electron chi connectivity index (χ0n) is 17.8. The number of nitrogens with one attached hydrogen (secondary N) is 1. The summed E-state index contributed by atoms with van der Waals surface area (Å²) >= 11 is -0.406. The third-order valence-corrected chi connectivity index (χ3v) is 8.35. The minimum absolute atomic E-state index is 0.136. The van der Waals surface area contributed by atoms with Crippen LogP contribution >= 0.6 is 21.3 Å². The minimum atomic E-state index is -4.78. The standard InChI is InChI=1S/C21H21F4IN4O3S/c22-17-11-14(1-3-16(17)21(23,24)25)13-33-20(31)30-7-5-29(6-8-30)9-10-34(32)15-2-4-18-19(12-15)28-26-27-18/h1-4,11-12H,5-10,13H2,(H,27,28). The normalized spacial score (nSPS) is 17.0. The highest BCUT2D eigenvalue weighted by molar-refractivity contribution is 14.2. The molecule has 1 amide bonds. The Morgan fingerprint density at radius 3 is 2.62 bits per heavy atom. The number of alkyl halides is 3. The highest BCUT2D eigenvalue weighted by Gasteiger charge is 2.34. The van der Waals surface area contributed by atoms with Crippen LogP contribution in [0.1, 0.15) is 11.1 Å². The van der Waals surface area contributed by atoms with E-state index in [1.807, 2.05) is 18.2 Å². The van der Waals surface area contributed by atoms with Crippen molar-refractivity contribution < 1.29 is 31.3 Å². The molecule has 1 atom stereocenters. The lowest BCUT2D eigenvalue weighted by atomic mass is 10.1. The maximum atomic E-state index is 13.7. The number of ether oxygens (including phenoxy) is 1. The lowest BCUT2D eigenvalue weighted by Crippen LogP contribution is -2.49. The fourth-order valence-electron chi connectivity index (χ4n) is 3.52. The molecule has 1 saturated heterocycles. The molecule has 2 aliphatic heterocycles. The van der Waals surface area contributed by atoms with E-state index < -0.39 is 55.8 Å². The van der Waals surface area contributed by atoms with Crippen molar-refractivity contribution in [1.82, 2.24) is 9.80 Å². The summed E-state index contributed by atoms with van der Waals surface area (Å²) in [5.74, 6) is -0.936. The number of piperazine rings is 1. The lowest BCUT2D eigenvalue weighted by Gasteiger charge is -2.33. The van der Waals surface area contributed by atoms with Crippen LogP contribution in [0.5, 0.6) is 0 Å². The van der Waals surface area contributed by atoms with Gasteiger partial charge in [0.1, 0.15) is 33.7 Å². The number of hydrogen-bond acceptors (Lipinski definition) is 6. The number of fused-ring (bicyclic) bond motifs is 1. The van der Waals surface area contributed by atoms with Crippen LogP contribution in [-0.2, 0) is 28.3 Å². The summed E-state index contributed by atoms with van der Waals surface area (Å²) in [7, 11) is -1.15. The Morgan fingerprint density at radius 2 is 1.91 bits per heavy atom. The van der Waals surface area contributed by atoms with Gasteiger partial charge < -0.3 is 13.2 Å². The molecule has 2 heterocycles. The molecule has 0 bridgehead atoms. The molecule has 1 unspecified atom stereocenters. The molecule has 1 N–H and O–H groups in total. The second-order valence-electron chi connectivity index (χ2n) is 7.69. The molecule has 34 heavy (non-hydrogen) atoms. The number of rotatable bonds is 6. The van der Waals surface area contributed by atoms with Gasteiger partial charge in [0, 0.05) is 43.4 Å². The van der Waals surface area contributed by atoms with E-state index in [2.05, 4.69) is 11.6 Å². The zero-order chi connectivity index (χ0) is 24.3. The second-order valence-corrected chi connectivity index (χ2v) is 10.8. The molecule has 13 heteroatoms. The topological polar surface area (TPSA) is 74.2 Å². The van der Waals surface area contributed by atoms with Crippen molar-refractivity contribution in [3.63, 3.8) is 0 Å². The second kappa shape index (κ2) is 10.6. The number of halogens is 5. The van der Waals surface area contributed by atoms with Crippen LogP contribution in [0.25, 0.3) is 0 Å². The Labute approximate surface area is 206 Å². The molecule has 2 aromatic carbocycles. The van der Waals surface area contributed by atoms with Crippen molar-refractivity contribution in [2.45, 2.75) is 17.7 Å². The number of hydrogen-bond donors (Lipinski definition) is 1. The monoisotopic (exact) mass is 612 g/mol. The summed E-state index contributed by atoms with van der Waals surface area (Å²) in [5, 5.41) is 0. The third kappa shape index (κ3) is 6.10. The van der Waals surface area contributed by atoms with E-state index in [4.69, 9.17) is 4.74 Å². The van der Waals surface area contributed by atoms with Gasteiger partial charge >= 0.3 is 12.3 Å². The van der Waals surface area contributed by atoms with Gasteiger partial charge in [-0.3, -0.25) is 9.11 Å². The SMILES string of the molecule is O=C(OCc1ccc(C(F)(F)F)c(F)c1)N1CCN(CCS(=O)c2ccc3c(c2)NI=N3)CC1. The average molecular weight is 612 g/mol. The van der Waals surface area contributed by atoms with Gasteiger partial charge in [-0.15, -0.1) is 0 Å². The molecule has 0 spiro atoms. The van der Waals surface area contributed by atoms with Crippen LogP contribution in [0, 0.1) is 5.82 Å². The van der Waals surface area contributed by atoms with Gasteiger partial charge in [-0.2, -0.15) is 13.2 Å². The number of carbonyl (C=O) groups excluding carboxylic acids is 1. The van der Waals surface area contributed by atoms with Crippen LogP contribution in [0.4, 0.5) is 33.7 Å². The van der Waals surface area contributed by atoms with Gasteiger partial charge in [-0.05, 0) is 35.9 Å². The molecular weight excluding hydrogens is 591 g/mol. The Bertz CT molecular complexity index is 1120. The van der Waals surface area contributed by atoms with Gasteiger partial charge in [0.05, 0.1) is 27.7 Å².